The third kappa shape index (κ3) is 5.05. The lowest BCUT2D eigenvalue weighted by Crippen LogP contribution is -2.45. The number of esters is 1. The Bertz CT molecular complexity index is 1110. The molecule has 1 aliphatic rings. The standard InChI is InChI=1S/C23H25N3O7/c1-5-16-19(22(27)32-4)20(25-23(28)24-16)15-10-17(26(29)30)21(18(11-15)31-3)33-12-14-8-6-13(2)7-9-14/h6-11,20H,5,12H2,1-4H3,(H2,24,25,28). The molecular formula is C23H25N3O7. The van der Waals surface area contributed by atoms with E-state index in [0.29, 0.717) is 12.1 Å². The fourth-order valence-corrected chi connectivity index (χ4v) is 3.54. The number of aryl methyl sites for hydroxylation is 1. The van der Waals surface area contributed by atoms with Gasteiger partial charge >= 0.3 is 17.7 Å². The largest absolute Gasteiger partial charge is 0.493 e. The summed E-state index contributed by atoms with van der Waals surface area (Å²) in [4.78, 5) is 36.0. The van der Waals surface area contributed by atoms with Gasteiger partial charge in [0.1, 0.15) is 6.61 Å². The van der Waals surface area contributed by atoms with E-state index < -0.39 is 23.0 Å². The predicted molar refractivity (Wildman–Crippen MR) is 119 cm³/mol. The van der Waals surface area contributed by atoms with Crippen molar-refractivity contribution in [3.05, 3.63) is 74.5 Å². The number of carbonyl (C=O) groups is 2. The topological polar surface area (TPSA) is 129 Å². The van der Waals surface area contributed by atoms with E-state index in [4.69, 9.17) is 14.2 Å². The lowest BCUT2D eigenvalue weighted by molar-refractivity contribution is -0.386. The molecule has 0 bridgehead atoms. The van der Waals surface area contributed by atoms with Gasteiger partial charge in [-0.15, -0.1) is 0 Å². The molecule has 0 saturated carbocycles. The molecule has 2 aromatic rings. The number of hydrogen-bond acceptors (Lipinski definition) is 7. The minimum absolute atomic E-state index is 0.0496. The van der Waals surface area contributed by atoms with Crippen LogP contribution in [-0.4, -0.2) is 31.1 Å². The fourth-order valence-electron chi connectivity index (χ4n) is 3.54. The Morgan fingerprint density at radius 2 is 1.88 bits per heavy atom. The van der Waals surface area contributed by atoms with E-state index >= 15 is 0 Å². The molecular weight excluding hydrogens is 430 g/mol. The van der Waals surface area contributed by atoms with Crippen LogP contribution in [0.15, 0.2) is 47.7 Å². The minimum Gasteiger partial charge on any atom is -0.493 e. The van der Waals surface area contributed by atoms with E-state index in [0.717, 1.165) is 11.1 Å². The van der Waals surface area contributed by atoms with Crippen LogP contribution in [0.5, 0.6) is 11.5 Å². The quantitative estimate of drug-likeness (QED) is 0.353. The van der Waals surface area contributed by atoms with Crippen molar-refractivity contribution < 1.29 is 28.7 Å². The molecule has 2 amide bonds. The summed E-state index contributed by atoms with van der Waals surface area (Å²) in [5.41, 5.74) is 2.36. The van der Waals surface area contributed by atoms with Gasteiger partial charge in [-0.1, -0.05) is 36.8 Å². The van der Waals surface area contributed by atoms with E-state index in [2.05, 4.69) is 10.6 Å². The number of nitrogens with one attached hydrogen (secondary N) is 2. The first-order chi connectivity index (χ1) is 15.8. The highest BCUT2D eigenvalue weighted by molar-refractivity contribution is 5.95. The summed E-state index contributed by atoms with van der Waals surface area (Å²) in [6.07, 6.45) is 0.353. The van der Waals surface area contributed by atoms with Crippen molar-refractivity contribution in [1.82, 2.24) is 10.6 Å². The summed E-state index contributed by atoms with van der Waals surface area (Å²) in [6.45, 7) is 3.82. The zero-order chi connectivity index (χ0) is 24.1. The summed E-state index contributed by atoms with van der Waals surface area (Å²) in [6, 6.07) is 8.83. The molecule has 2 N–H and O–H groups in total. The number of methoxy groups -OCH3 is 2. The number of carbonyl (C=O) groups excluding carboxylic acids is 2. The lowest BCUT2D eigenvalue weighted by atomic mass is 9.93. The molecule has 1 unspecified atom stereocenters. The van der Waals surface area contributed by atoms with Crippen molar-refractivity contribution in [3.63, 3.8) is 0 Å². The first kappa shape index (κ1) is 23.6. The third-order valence-corrected chi connectivity index (χ3v) is 5.22. The Morgan fingerprint density at radius 3 is 2.45 bits per heavy atom. The van der Waals surface area contributed by atoms with Crippen LogP contribution in [0.1, 0.15) is 36.1 Å². The van der Waals surface area contributed by atoms with Gasteiger partial charge in [-0.2, -0.15) is 0 Å². The maximum absolute atomic E-state index is 12.5. The second kappa shape index (κ2) is 10.0. The van der Waals surface area contributed by atoms with Gasteiger partial charge in [0, 0.05) is 11.8 Å². The van der Waals surface area contributed by atoms with Gasteiger partial charge in [0.25, 0.3) is 0 Å². The monoisotopic (exact) mass is 455 g/mol. The number of nitrogens with zero attached hydrogens (tertiary/aromatic N) is 1. The van der Waals surface area contributed by atoms with Crippen LogP contribution in [0, 0.1) is 17.0 Å². The van der Waals surface area contributed by atoms with Gasteiger partial charge in [0.15, 0.2) is 5.75 Å². The molecule has 10 nitrogen and oxygen atoms in total. The SMILES string of the molecule is CCC1=C(C(=O)OC)C(c2cc(OC)c(OCc3ccc(C)cc3)c([N+](=O)[O-])c2)NC(=O)N1. The van der Waals surface area contributed by atoms with Gasteiger partial charge in [-0.05, 0) is 30.5 Å². The van der Waals surface area contributed by atoms with Crippen molar-refractivity contribution in [2.45, 2.75) is 32.9 Å². The molecule has 1 atom stereocenters. The molecule has 2 aromatic carbocycles. The number of amides is 2. The second-order valence-corrected chi connectivity index (χ2v) is 7.37. The molecule has 0 aliphatic carbocycles. The Labute approximate surface area is 190 Å². The fraction of sp³-hybridized carbons (Fsp3) is 0.304. The Hall–Kier alpha value is -4.08. The highest BCUT2D eigenvalue weighted by Gasteiger charge is 2.35. The number of nitro benzene ring substituents is 1. The van der Waals surface area contributed by atoms with E-state index in [1.807, 2.05) is 31.2 Å². The van der Waals surface area contributed by atoms with Crippen LogP contribution in [0.25, 0.3) is 0 Å². The predicted octanol–water partition coefficient (Wildman–Crippen LogP) is 3.68. The highest BCUT2D eigenvalue weighted by Crippen LogP contribution is 2.42. The highest BCUT2D eigenvalue weighted by atomic mass is 16.6. The number of nitro groups is 1. The summed E-state index contributed by atoms with van der Waals surface area (Å²) in [7, 11) is 2.58. The lowest BCUT2D eigenvalue weighted by Gasteiger charge is -2.29. The number of hydrogen-bond donors (Lipinski definition) is 2. The molecule has 3 rings (SSSR count). The number of allylic oxidation sites excluding steroid dienone is 1. The molecule has 174 valence electrons. The van der Waals surface area contributed by atoms with Gasteiger partial charge in [0.2, 0.25) is 5.75 Å². The molecule has 33 heavy (non-hydrogen) atoms. The average molecular weight is 455 g/mol. The van der Waals surface area contributed by atoms with Crippen LogP contribution in [-0.2, 0) is 16.1 Å². The molecule has 10 heteroatoms. The van der Waals surface area contributed by atoms with Crippen LogP contribution >= 0.6 is 0 Å². The maximum atomic E-state index is 12.5. The number of benzene rings is 2. The normalized spacial score (nSPS) is 15.4. The van der Waals surface area contributed by atoms with Crippen LogP contribution in [0.3, 0.4) is 0 Å². The van der Waals surface area contributed by atoms with Crippen LogP contribution in [0.2, 0.25) is 0 Å². The Balaban J connectivity index is 2.07. The first-order valence-electron chi connectivity index (χ1n) is 10.2. The van der Waals surface area contributed by atoms with E-state index in [9.17, 15) is 19.7 Å². The number of ether oxygens (including phenoxy) is 3. The third-order valence-electron chi connectivity index (χ3n) is 5.22. The van der Waals surface area contributed by atoms with Gasteiger partial charge in [-0.3, -0.25) is 10.1 Å². The second-order valence-electron chi connectivity index (χ2n) is 7.37. The average Bonchev–Trinajstić information content (AvgIpc) is 2.81. The summed E-state index contributed by atoms with van der Waals surface area (Å²) < 4.78 is 16.0. The van der Waals surface area contributed by atoms with E-state index in [1.54, 1.807) is 6.92 Å². The Morgan fingerprint density at radius 1 is 1.18 bits per heavy atom. The van der Waals surface area contributed by atoms with Crippen molar-refractivity contribution in [2.75, 3.05) is 14.2 Å². The molecule has 0 spiro atoms. The number of urea groups is 1. The van der Waals surface area contributed by atoms with Crippen LogP contribution in [0.4, 0.5) is 10.5 Å². The summed E-state index contributed by atoms with van der Waals surface area (Å²) in [5, 5.41) is 17.1. The number of rotatable bonds is 8. The maximum Gasteiger partial charge on any atom is 0.337 e. The molecule has 1 heterocycles. The van der Waals surface area contributed by atoms with Crippen LogP contribution < -0.4 is 20.1 Å². The zero-order valence-corrected chi connectivity index (χ0v) is 18.8. The van der Waals surface area contributed by atoms with Gasteiger partial charge in [-0.25, -0.2) is 9.59 Å². The smallest absolute Gasteiger partial charge is 0.337 e. The molecule has 0 aromatic heterocycles. The van der Waals surface area contributed by atoms with Gasteiger partial charge in [0.05, 0.1) is 30.8 Å². The van der Waals surface area contributed by atoms with Crippen molar-refractivity contribution in [1.29, 1.82) is 0 Å². The summed E-state index contributed by atoms with van der Waals surface area (Å²) >= 11 is 0. The zero-order valence-electron chi connectivity index (χ0n) is 18.8. The van der Waals surface area contributed by atoms with Gasteiger partial charge < -0.3 is 24.8 Å². The van der Waals surface area contributed by atoms with Crippen molar-refractivity contribution >= 4 is 17.7 Å². The minimum atomic E-state index is -0.972. The molecule has 0 radical (unpaired) electrons. The summed E-state index contributed by atoms with van der Waals surface area (Å²) in [5.74, 6) is -0.613. The van der Waals surface area contributed by atoms with Crippen molar-refractivity contribution in [3.8, 4) is 11.5 Å². The molecule has 0 fully saturated rings. The molecule has 0 saturated heterocycles. The molecule has 1 aliphatic heterocycles. The Kier molecular flexibility index (Phi) is 7.17. The first-order valence-corrected chi connectivity index (χ1v) is 10.2. The van der Waals surface area contributed by atoms with Crippen molar-refractivity contribution in [2.24, 2.45) is 0 Å². The van der Waals surface area contributed by atoms with E-state index in [-0.39, 0.29) is 34.9 Å². The van der Waals surface area contributed by atoms with E-state index in [1.165, 1.54) is 26.4 Å².